The van der Waals surface area contributed by atoms with E-state index in [2.05, 4.69) is 0 Å². The molecule has 1 atom stereocenters. The van der Waals surface area contributed by atoms with Gasteiger partial charge in [-0.25, -0.2) is 0 Å². The maximum absolute atomic E-state index is 12.7. The van der Waals surface area contributed by atoms with Crippen molar-refractivity contribution in [3.05, 3.63) is 46.2 Å². The van der Waals surface area contributed by atoms with Crippen LogP contribution < -0.4 is 16.2 Å². The fourth-order valence-electron chi connectivity index (χ4n) is 3.10. The average molecular weight is 380 g/mol. The van der Waals surface area contributed by atoms with Crippen LogP contribution in [0.5, 0.6) is 0 Å². The molecule has 1 aliphatic heterocycles. The van der Waals surface area contributed by atoms with Crippen LogP contribution in [0.25, 0.3) is 10.9 Å². The molecule has 1 aromatic carbocycles. The zero-order valence-corrected chi connectivity index (χ0v) is 15.3. The summed E-state index contributed by atoms with van der Waals surface area (Å²) in [7, 11) is 0. The van der Waals surface area contributed by atoms with Crippen molar-refractivity contribution in [2.45, 2.75) is 25.8 Å². The lowest BCUT2D eigenvalue weighted by Gasteiger charge is -2.24. The van der Waals surface area contributed by atoms with Crippen LogP contribution in [-0.2, 0) is 9.53 Å². The van der Waals surface area contributed by atoms with Crippen molar-refractivity contribution < 1.29 is 14.3 Å². The number of carbonyl (C=O) groups is 2. The summed E-state index contributed by atoms with van der Waals surface area (Å²) < 4.78 is 6.62. The van der Waals surface area contributed by atoms with Crippen molar-refractivity contribution in [3.63, 3.8) is 0 Å². The van der Waals surface area contributed by atoms with Crippen molar-refractivity contribution in [1.29, 1.82) is 0 Å². The first-order valence-corrected chi connectivity index (χ1v) is 8.35. The Labute approximate surface area is 157 Å². The molecule has 2 heterocycles. The van der Waals surface area contributed by atoms with Gasteiger partial charge < -0.3 is 15.5 Å². The molecule has 2 aromatic rings. The Morgan fingerprint density at radius 1 is 1.31 bits per heavy atom. The van der Waals surface area contributed by atoms with Crippen LogP contribution >= 0.6 is 12.4 Å². The molecular formula is C18H22ClN3O4. The minimum absolute atomic E-state index is 0. The SMILES string of the molecule is CCOC(=O)CC(=O)c1cn(N2CCC(N)C2)c2ccccc2c1=O.Cl. The second-order valence-electron chi connectivity index (χ2n) is 6.10. The van der Waals surface area contributed by atoms with Gasteiger partial charge in [0, 0.05) is 30.7 Å². The highest BCUT2D eigenvalue weighted by atomic mass is 35.5. The molecule has 0 aliphatic carbocycles. The second-order valence-corrected chi connectivity index (χ2v) is 6.10. The Kier molecular flexibility index (Phi) is 6.39. The highest BCUT2D eigenvalue weighted by Gasteiger charge is 2.24. The monoisotopic (exact) mass is 379 g/mol. The van der Waals surface area contributed by atoms with Crippen molar-refractivity contribution in [1.82, 2.24) is 4.68 Å². The summed E-state index contributed by atoms with van der Waals surface area (Å²) in [5.74, 6) is -1.17. The molecule has 2 N–H and O–H groups in total. The molecule has 1 fully saturated rings. The molecule has 7 nitrogen and oxygen atoms in total. The number of esters is 1. The number of benzene rings is 1. The van der Waals surface area contributed by atoms with Crippen LogP contribution in [0.3, 0.4) is 0 Å². The molecule has 8 heteroatoms. The molecule has 1 unspecified atom stereocenters. The number of Topliss-reactive ketones (excluding diaryl/α,β-unsaturated/α-hetero) is 1. The van der Waals surface area contributed by atoms with Crippen molar-refractivity contribution in [3.8, 4) is 0 Å². The summed E-state index contributed by atoms with van der Waals surface area (Å²) in [6.07, 6.45) is 1.91. The number of hydrogen-bond acceptors (Lipinski definition) is 6. The maximum Gasteiger partial charge on any atom is 0.313 e. The van der Waals surface area contributed by atoms with Gasteiger partial charge in [0.2, 0.25) is 0 Å². The topological polar surface area (TPSA) is 94.6 Å². The van der Waals surface area contributed by atoms with E-state index in [1.165, 1.54) is 6.20 Å². The van der Waals surface area contributed by atoms with Gasteiger partial charge in [0.05, 0.1) is 17.7 Å². The number of para-hydroxylation sites is 1. The summed E-state index contributed by atoms with van der Waals surface area (Å²) in [6.45, 7) is 3.24. The largest absolute Gasteiger partial charge is 0.466 e. The minimum Gasteiger partial charge on any atom is -0.466 e. The number of nitrogens with zero attached hydrogens (tertiary/aromatic N) is 2. The number of pyridine rings is 1. The summed E-state index contributed by atoms with van der Waals surface area (Å²) >= 11 is 0. The molecule has 3 rings (SSSR count). The Bertz CT molecular complexity index is 880. The molecule has 0 bridgehead atoms. The number of nitrogens with two attached hydrogens (primary N) is 1. The third-order valence-electron chi connectivity index (χ3n) is 4.31. The highest BCUT2D eigenvalue weighted by Crippen LogP contribution is 2.16. The van der Waals surface area contributed by atoms with E-state index in [0.29, 0.717) is 17.4 Å². The highest BCUT2D eigenvalue weighted by molar-refractivity contribution is 6.07. The zero-order chi connectivity index (χ0) is 18.0. The molecule has 0 radical (unpaired) electrons. The first-order valence-electron chi connectivity index (χ1n) is 8.35. The van der Waals surface area contributed by atoms with Gasteiger partial charge >= 0.3 is 5.97 Å². The normalized spacial score (nSPS) is 16.4. The predicted octanol–water partition coefficient (Wildman–Crippen LogP) is 1.23. The number of halogens is 1. The fourth-order valence-corrected chi connectivity index (χ4v) is 3.10. The lowest BCUT2D eigenvalue weighted by molar-refractivity contribution is -0.141. The van der Waals surface area contributed by atoms with Crippen molar-refractivity contribution >= 4 is 35.1 Å². The van der Waals surface area contributed by atoms with Crippen LogP contribution in [-0.4, -0.2) is 42.2 Å². The van der Waals surface area contributed by atoms with Gasteiger partial charge in [-0.05, 0) is 25.5 Å². The van der Waals surface area contributed by atoms with Crippen LogP contribution in [0.2, 0.25) is 0 Å². The van der Waals surface area contributed by atoms with Crippen LogP contribution in [0, 0.1) is 0 Å². The molecule has 1 saturated heterocycles. The second kappa shape index (κ2) is 8.33. The van der Waals surface area contributed by atoms with Crippen molar-refractivity contribution in [2.75, 3.05) is 24.7 Å². The van der Waals surface area contributed by atoms with Gasteiger partial charge in [0.1, 0.15) is 6.42 Å². The molecule has 0 saturated carbocycles. The van der Waals surface area contributed by atoms with Gasteiger partial charge in [-0.2, -0.15) is 0 Å². The Morgan fingerprint density at radius 3 is 2.69 bits per heavy atom. The van der Waals surface area contributed by atoms with E-state index in [1.54, 1.807) is 19.1 Å². The number of carbonyl (C=O) groups excluding carboxylic acids is 2. The molecule has 140 valence electrons. The van der Waals surface area contributed by atoms with E-state index >= 15 is 0 Å². The molecule has 1 aliphatic rings. The molecular weight excluding hydrogens is 358 g/mol. The van der Waals surface area contributed by atoms with E-state index in [-0.39, 0.29) is 36.0 Å². The lowest BCUT2D eigenvalue weighted by atomic mass is 10.1. The maximum atomic E-state index is 12.7. The van der Waals surface area contributed by atoms with Crippen molar-refractivity contribution in [2.24, 2.45) is 5.73 Å². The Morgan fingerprint density at radius 2 is 2.04 bits per heavy atom. The van der Waals surface area contributed by atoms with Crippen LogP contribution in [0.1, 0.15) is 30.1 Å². The molecule has 1 aromatic heterocycles. The Balaban J connectivity index is 0.00000243. The quantitative estimate of drug-likeness (QED) is 0.477. The van der Waals surface area contributed by atoms with Gasteiger partial charge in [0.25, 0.3) is 0 Å². The molecule has 26 heavy (non-hydrogen) atoms. The first-order chi connectivity index (χ1) is 12.0. The van der Waals surface area contributed by atoms with Gasteiger partial charge in [0.15, 0.2) is 11.2 Å². The third-order valence-corrected chi connectivity index (χ3v) is 4.31. The summed E-state index contributed by atoms with van der Waals surface area (Å²) in [5.41, 5.74) is 6.33. The zero-order valence-electron chi connectivity index (χ0n) is 14.5. The van der Waals surface area contributed by atoms with E-state index < -0.39 is 18.2 Å². The number of rotatable bonds is 5. The van der Waals surface area contributed by atoms with Gasteiger partial charge in [-0.3, -0.25) is 19.1 Å². The predicted molar refractivity (Wildman–Crippen MR) is 102 cm³/mol. The number of hydrogen-bond donors (Lipinski definition) is 1. The summed E-state index contributed by atoms with van der Waals surface area (Å²) in [5, 5.41) is 2.45. The third kappa shape index (κ3) is 3.89. The van der Waals surface area contributed by atoms with Gasteiger partial charge in [-0.15, -0.1) is 12.4 Å². The van der Waals surface area contributed by atoms with Crippen LogP contribution in [0.4, 0.5) is 0 Å². The van der Waals surface area contributed by atoms with E-state index in [1.807, 2.05) is 21.8 Å². The van der Waals surface area contributed by atoms with E-state index in [4.69, 9.17) is 10.5 Å². The molecule has 0 spiro atoms. The first kappa shape index (κ1) is 19.9. The molecule has 0 amide bonds. The summed E-state index contributed by atoms with van der Waals surface area (Å²) in [6, 6.07) is 7.17. The lowest BCUT2D eigenvalue weighted by Crippen LogP contribution is -2.37. The van der Waals surface area contributed by atoms with Gasteiger partial charge in [-0.1, -0.05) is 12.1 Å². The Hall–Kier alpha value is -2.38. The number of aromatic nitrogens is 1. The standard InChI is InChI=1S/C18H21N3O4.ClH/c1-2-25-17(23)9-16(22)14-11-21(20-8-7-12(19)10-20)15-6-4-3-5-13(15)18(14)24;/h3-6,11-12H,2,7-10,19H2,1H3;1H. The summed E-state index contributed by atoms with van der Waals surface area (Å²) in [4.78, 5) is 36.8. The van der Waals surface area contributed by atoms with Crippen LogP contribution in [0.15, 0.2) is 35.3 Å². The van der Waals surface area contributed by atoms with E-state index in [9.17, 15) is 14.4 Å². The van der Waals surface area contributed by atoms with E-state index in [0.717, 1.165) is 13.0 Å². The number of fused-ring (bicyclic) bond motifs is 1. The smallest absolute Gasteiger partial charge is 0.313 e. The fraction of sp³-hybridized carbons (Fsp3) is 0.389. The average Bonchev–Trinajstić information content (AvgIpc) is 3.01. The number of ketones is 1. The number of ether oxygens (including phenoxy) is 1. The minimum atomic E-state index is -0.630.